The summed E-state index contributed by atoms with van der Waals surface area (Å²) in [6.45, 7) is 0.691. The monoisotopic (exact) mass is 562 g/mol. The standard InChI is InChI=1S/C32H38N2O7/c1-38-26-13-12-21(18-27(26)39-2)17-25-24-20-29(41-4)28(40-3)19-23(24)11-8-16-34(25)31(22-9-6-5-7-10-22)32(37)33-15-14-30(35)36/h5-7,9-10,12-13,18-20,25,31H,8,11,14-17H2,1-4H3,(H,33,37)(H,35,36). The molecule has 3 aromatic rings. The van der Waals surface area contributed by atoms with Crippen molar-refractivity contribution in [1.29, 1.82) is 0 Å². The molecule has 4 rings (SSSR count). The number of carbonyl (C=O) groups is 2. The molecule has 9 heteroatoms. The Morgan fingerprint density at radius 2 is 1.56 bits per heavy atom. The lowest BCUT2D eigenvalue weighted by Crippen LogP contribution is -2.43. The molecule has 0 aromatic heterocycles. The van der Waals surface area contributed by atoms with E-state index in [9.17, 15) is 9.59 Å². The Morgan fingerprint density at radius 1 is 0.902 bits per heavy atom. The number of ether oxygens (including phenoxy) is 4. The molecule has 3 aromatic carbocycles. The largest absolute Gasteiger partial charge is 0.493 e. The molecule has 0 spiro atoms. The third-order valence-corrected chi connectivity index (χ3v) is 7.48. The van der Waals surface area contributed by atoms with Crippen LogP contribution < -0.4 is 24.3 Å². The van der Waals surface area contributed by atoms with Crippen LogP contribution in [0.2, 0.25) is 0 Å². The third-order valence-electron chi connectivity index (χ3n) is 7.48. The summed E-state index contributed by atoms with van der Waals surface area (Å²) in [5.74, 6) is 1.35. The normalized spacial score (nSPS) is 15.7. The summed E-state index contributed by atoms with van der Waals surface area (Å²) in [6, 6.07) is 18.7. The zero-order valence-corrected chi connectivity index (χ0v) is 24.0. The van der Waals surface area contributed by atoms with Crippen molar-refractivity contribution >= 4 is 11.9 Å². The summed E-state index contributed by atoms with van der Waals surface area (Å²) in [7, 11) is 6.46. The van der Waals surface area contributed by atoms with Crippen LogP contribution in [0, 0.1) is 0 Å². The lowest BCUT2D eigenvalue weighted by molar-refractivity contribution is -0.137. The van der Waals surface area contributed by atoms with Gasteiger partial charge in [-0.05, 0) is 65.8 Å². The molecule has 2 unspecified atom stereocenters. The second-order valence-electron chi connectivity index (χ2n) is 9.90. The number of hydrogen-bond donors (Lipinski definition) is 2. The maximum Gasteiger partial charge on any atom is 0.305 e. The highest BCUT2D eigenvalue weighted by molar-refractivity contribution is 5.83. The van der Waals surface area contributed by atoms with E-state index in [1.807, 2.05) is 60.7 Å². The SMILES string of the molecule is COc1ccc(CC2c3cc(OC)c(OC)cc3CCCN2C(C(=O)NCCC(=O)O)c2ccccc2)cc1OC. The van der Waals surface area contributed by atoms with Gasteiger partial charge >= 0.3 is 5.97 Å². The van der Waals surface area contributed by atoms with Crippen molar-refractivity contribution in [3.8, 4) is 23.0 Å². The lowest BCUT2D eigenvalue weighted by Gasteiger charge is -2.37. The topological polar surface area (TPSA) is 107 Å². The van der Waals surface area contributed by atoms with E-state index in [4.69, 9.17) is 24.1 Å². The molecule has 0 radical (unpaired) electrons. The summed E-state index contributed by atoms with van der Waals surface area (Å²) in [5, 5.41) is 12.0. The molecule has 1 amide bonds. The quantitative estimate of drug-likeness (QED) is 0.330. The van der Waals surface area contributed by atoms with Gasteiger partial charge in [0.1, 0.15) is 6.04 Å². The smallest absolute Gasteiger partial charge is 0.305 e. The highest BCUT2D eigenvalue weighted by Crippen LogP contribution is 2.42. The second kappa shape index (κ2) is 13.9. The van der Waals surface area contributed by atoms with Crippen molar-refractivity contribution in [3.63, 3.8) is 0 Å². The van der Waals surface area contributed by atoms with E-state index < -0.39 is 12.0 Å². The van der Waals surface area contributed by atoms with Crippen molar-refractivity contribution in [2.75, 3.05) is 41.5 Å². The van der Waals surface area contributed by atoms with Crippen molar-refractivity contribution in [2.45, 2.75) is 37.8 Å². The Hall–Kier alpha value is -4.24. The number of rotatable bonds is 12. The Bertz CT molecular complexity index is 1350. The van der Waals surface area contributed by atoms with Crippen LogP contribution in [0.3, 0.4) is 0 Å². The zero-order chi connectivity index (χ0) is 29.4. The van der Waals surface area contributed by atoms with E-state index in [0.717, 1.165) is 35.1 Å². The average Bonchev–Trinajstić information content (AvgIpc) is 3.15. The van der Waals surface area contributed by atoms with Gasteiger partial charge in [-0.15, -0.1) is 0 Å². The molecule has 2 atom stereocenters. The molecule has 0 fully saturated rings. The van der Waals surface area contributed by atoms with Gasteiger partial charge in [-0.25, -0.2) is 0 Å². The lowest BCUT2D eigenvalue weighted by atomic mass is 9.91. The molecule has 41 heavy (non-hydrogen) atoms. The zero-order valence-electron chi connectivity index (χ0n) is 24.0. The summed E-state index contributed by atoms with van der Waals surface area (Å²) >= 11 is 0. The number of nitrogens with one attached hydrogen (secondary N) is 1. The van der Waals surface area contributed by atoms with E-state index in [2.05, 4.69) is 10.2 Å². The van der Waals surface area contributed by atoms with Crippen LogP contribution in [0.25, 0.3) is 0 Å². The number of fused-ring (bicyclic) bond motifs is 1. The van der Waals surface area contributed by atoms with Crippen LogP contribution in [-0.4, -0.2) is 63.4 Å². The van der Waals surface area contributed by atoms with Crippen molar-refractivity contribution < 1.29 is 33.6 Å². The van der Waals surface area contributed by atoms with Gasteiger partial charge in [0, 0.05) is 19.1 Å². The molecule has 0 saturated carbocycles. The van der Waals surface area contributed by atoms with E-state index in [1.54, 1.807) is 28.4 Å². The maximum absolute atomic E-state index is 13.8. The minimum atomic E-state index is -0.961. The summed E-state index contributed by atoms with van der Waals surface area (Å²) in [4.78, 5) is 27.2. The Labute approximate surface area is 241 Å². The average molecular weight is 563 g/mol. The van der Waals surface area contributed by atoms with Gasteiger partial charge in [-0.1, -0.05) is 36.4 Å². The maximum atomic E-state index is 13.8. The van der Waals surface area contributed by atoms with Crippen molar-refractivity contribution in [2.24, 2.45) is 0 Å². The van der Waals surface area contributed by atoms with E-state index in [-0.39, 0.29) is 24.9 Å². The highest BCUT2D eigenvalue weighted by atomic mass is 16.5. The summed E-state index contributed by atoms with van der Waals surface area (Å²) in [6.07, 6.45) is 2.05. The van der Waals surface area contributed by atoms with Crippen molar-refractivity contribution in [1.82, 2.24) is 10.2 Å². The predicted molar refractivity (Wildman–Crippen MR) is 155 cm³/mol. The van der Waals surface area contributed by atoms with Crippen LogP contribution in [0.1, 0.15) is 47.2 Å². The molecule has 9 nitrogen and oxygen atoms in total. The number of methoxy groups -OCH3 is 4. The fourth-order valence-electron chi connectivity index (χ4n) is 5.54. The van der Waals surface area contributed by atoms with Crippen molar-refractivity contribution in [3.05, 3.63) is 82.9 Å². The van der Waals surface area contributed by atoms with Gasteiger partial charge in [0.25, 0.3) is 0 Å². The number of aliphatic carboxylic acids is 1. The van der Waals surface area contributed by atoms with Gasteiger partial charge in [0.15, 0.2) is 23.0 Å². The number of hydrogen-bond acceptors (Lipinski definition) is 7. The Kier molecular flexibility index (Phi) is 10.1. The third kappa shape index (κ3) is 6.92. The minimum Gasteiger partial charge on any atom is -0.493 e. The van der Waals surface area contributed by atoms with Gasteiger partial charge < -0.3 is 29.4 Å². The van der Waals surface area contributed by atoms with Gasteiger partial charge in [-0.3, -0.25) is 14.5 Å². The van der Waals surface area contributed by atoms with Crippen LogP contribution in [0.4, 0.5) is 0 Å². The molecule has 2 N–H and O–H groups in total. The van der Waals surface area contributed by atoms with Gasteiger partial charge in [0.05, 0.1) is 34.9 Å². The first kappa shape index (κ1) is 29.7. The first-order chi connectivity index (χ1) is 19.9. The van der Waals surface area contributed by atoms with Crippen LogP contribution in [0.15, 0.2) is 60.7 Å². The Morgan fingerprint density at radius 3 is 2.22 bits per heavy atom. The number of nitrogens with zero attached hydrogens (tertiary/aromatic N) is 1. The van der Waals surface area contributed by atoms with Crippen LogP contribution in [0.5, 0.6) is 23.0 Å². The van der Waals surface area contributed by atoms with Crippen LogP contribution >= 0.6 is 0 Å². The van der Waals surface area contributed by atoms with Crippen LogP contribution in [-0.2, 0) is 22.4 Å². The first-order valence-corrected chi connectivity index (χ1v) is 13.7. The number of carboxylic acids is 1. The number of carboxylic acid groups (broad SMARTS) is 1. The van der Waals surface area contributed by atoms with E-state index >= 15 is 0 Å². The molecular weight excluding hydrogens is 524 g/mol. The fourth-order valence-corrected chi connectivity index (χ4v) is 5.54. The number of carbonyl (C=O) groups excluding carboxylic acids is 1. The molecule has 1 aliphatic rings. The molecule has 218 valence electrons. The molecular formula is C32H38N2O7. The first-order valence-electron chi connectivity index (χ1n) is 13.7. The molecule has 1 heterocycles. The molecule has 1 aliphatic heterocycles. The number of amides is 1. The highest BCUT2D eigenvalue weighted by Gasteiger charge is 2.36. The number of aryl methyl sites for hydroxylation is 1. The van der Waals surface area contributed by atoms with Gasteiger partial charge in [-0.2, -0.15) is 0 Å². The van der Waals surface area contributed by atoms with E-state index in [1.165, 1.54) is 0 Å². The minimum absolute atomic E-state index is 0.0489. The predicted octanol–water partition coefficient (Wildman–Crippen LogP) is 4.59. The second-order valence-corrected chi connectivity index (χ2v) is 9.90. The fraction of sp³-hybridized carbons (Fsp3) is 0.375. The molecule has 0 saturated heterocycles. The Balaban J connectivity index is 1.84. The number of benzene rings is 3. The molecule has 0 aliphatic carbocycles. The molecule has 0 bridgehead atoms. The summed E-state index contributed by atoms with van der Waals surface area (Å²) in [5.41, 5.74) is 4.03. The summed E-state index contributed by atoms with van der Waals surface area (Å²) < 4.78 is 22.4. The van der Waals surface area contributed by atoms with Gasteiger partial charge in [0.2, 0.25) is 5.91 Å². The van der Waals surface area contributed by atoms with E-state index in [0.29, 0.717) is 36.0 Å².